The lowest BCUT2D eigenvalue weighted by atomic mass is 10.1. The maximum Gasteiger partial charge on any atom is 0.320 e. The van der Waals surface area contributed by atoms with Crippen LogP contribution < -0.4 is 4.74 Å². The Bertz CT molecular complexity index is 490. The zero-order valence-electron chi connectivity index (χ0n) is 11.9. The highest BCUT2D eigenvalue weighted by Gasteiger charge is 2.20. The third kappa shape index (κ3) is 3.73. The van der Waals surface area contributed by atoms with Crippen molar-refractivity contribution in [2.75, 3.05) is 26.3 Å². The Labute approximate surface area is 128 Å². The van der Waals surface area contributed by atoms with Crippen LogP contribution in [0.3, 0.4) is 0 Å². The van der Waals surface area contributed by atoms with Crippen molar-refractivity contribution >= 4 is 21.9 Å². The number of likely N-dealkylation sites (N-methyl/N-ethyl adjacent to an activating group) is 1. The van der Waals surface area contributed by atoms with Gasteiger partial charge in [-0.05, 0) is 31.2 Å². The molecule has 0 bridgehead atoms. The van der Waals surface area contributed by atoms with Gasteiger partial charge in [-0.15, -0.1) is 0 Å². The third-order valence-corrected chi connectivity index (χ3v) is 3.78. The summed E-state index contributed by atoms with van der Waals surface area (Å²) in [6.45, 7) is 6.82. The van der Waals surface area contributed by atoms with Crippen molar-refractivity contribution in [3.05, 3.63) is 27.7 Å². The lowest BCUT2D eigenvalue weighted by Crippen LogP contribution is -2.30. The van der Waals surface area contributed by atoms with E-state index in [9.17, 15) is 4.79 Å². The highest BCUT2D eigenvalue weighted by Crippen LogP contribution is 2.33. The van der Waals surface area contributed by atoms with E-state index in [1.165, 1.54) is 5.56 Å². The second-order valence-corrected chi connectivity index (χ2v) is 5.68. The fraction of sp³-hybridized carbons (Fsp3) is 0.533. The molecule has 0 saturated carbocycles. The molecule has 0 N–H and O–H groups in total. The molecule has 1 aliphatic heterocycles. The largest absolute Gasteiger partial charge is 0.493 e. The van der Waals surface area contributed by atoms with Crippen LogP contribution in [0.5, 0.6) is 5.75 Å². The number of benzene rings is 1. The van der Waals surface area contributed by atoms with Gasteiger partial charge in [-0.3, -0.25) is 9.69 Å². The first kappa shape index (κ1) is 15.3. The minimum absolute atomic E-state index is 0.179. The molecule has 110 valence electrons. The summed E-state index contributed by atoms with van der Waals surface area (Å²) in [4.78, 5) is 13.7. The first-order chi connectivity index (χ1) is 9.63. The molecule has 0 radical (unpaired) electrons. The minimum atomic E-state index is -0.179. The Balaban J connectivity index is 2.10. The predicted octanol–water partition coefficient (Wildman–Crippen LogP) is 2.77. The lowest BCUT2D eigenvalue weighted by molar-refractivity contribution is -0.144. The molecule has 0 atom stereocenters. The van der Waals surface area contributed by atoms with E-state index in [-0.39, 0.29) is 5.97 Å². The van der Waals surface area contributed by atoms with Gasteiger partial charge in [0.25, 0.3) is 0 Å². The van der Waals surface area contributed by atoms with Gasteiger partial charge in [0.15, 0.2) is 0 Å². The van der Waals surface area contributed by atoms with E-state index >= 15 is 0 Å². The van der Waals surface area contributed by atoms with Crippen LogP contribution in [0, 0.1) is 0 Å². The van der Waals surface area contributed by atoms with E-state index < -0.39 is 0 Å². The van der Waals surface area contributed by atoms with E-state index in [1.54, 1.807) is 0 Å². The molecule has 0 aromatic heterocycles. The van der Waals surface area contributed by atoms with Crippen molar-refractivity contribution in [1.29, 1.82) is 0 Å². The Kier molecular flexibility index (Phi) is 5.43. The van der Waals surface area contributed by atoms with Crippen LogP contribution in [0.25, 0.3) is 0 Å². The van der Waals surface area contributed by atoms with E-state index in [4.69, 9.17) is 9.47 Å². The fourth-order valence-electron chi connectivity index (χ4n) is 2.37. The normalized spacial score (nSPS) is 13.2. The molecule has 0 saturated heterocycles. The summed E-state index contributed by atoms with van der Waals surface area (Å²) >= 11 is 3.54. The average Bonchev–Trinajstić information content (AvgIpc) is 2.86. The lowest BCUT2D eigenvalue weighted by Gasteiger charge is -2.20. The van der Waals surface area contributed by atoms with Gasteiger partial charge in [-0.25, -0.2) is 0 Å². The molecule has 20 heavy (non-hydrogen) atoms. The van der Waals surface area contributed by atoms with Crippen LogP contribution in [-0.2, 0) is 22.5 Å². The summed E-state index contributed by atoms with van der Waals surface area (Å²) in [7, 11) is 0. The van der Waals surface area contributed by atoms with Crippen LogP contribution in [0.1, 0.15) is 25.0 Å². The molecule has 1 aromatic carbocycles. The monoisotopic (exact) mass is 341 g/mol. The number of hydrogen-bond acceptors (Lipinski definition) is 4. The molecular formula is C15H20BrNO3. The maximum absolute atomic E-state index is 11.6. The molecule has 4 nitrogen and oxygen atoms in total. The molecule has 2 rings (SSSR count). The zero-order valence-corrected chi connectivity index (χ0v) is 13.5. The smallest absolute Gasteiger partial charge is 0.320 e. The first-order valence-electron chi connectivity index (χ1n) is 6.96. The number of halogens is 1. The predicted molar refractivity (Wildman–Crippen MR) is 80.9 cm³/mol. The topological polar surface area (TPSA) is 38.8 Å². The van der Waals surface area contributed by atoms with Gasteiger partial charge in [0.1, 0.15) is 5.75 Å². The van der Waals surface area contributed by atoms with E-state index in [1.807, 2.05) is 13.8 Å². The summed E-state index contributed by atoms with van der Waals surface area (Å²) < 4.78 is 11.8. The summed E-state index contributed by atoms with van der Waals surface area (Å²) in [6, 6.07) is 4.17. The number of fused-ring (bicyclic) bond motifs is 1. The number of esters is 1. The first-order valence-corrected chi connectivity index (χ1v) is 7.75. The molecule has 0 spiro atoms. The van der Waals surface area contributed by atoms with Gasteiger partial charge >= 0.3 is 5.97 Å². The zero-order chi connectivity index (χ0) is 14.5. The number of rotatable bonds is 6. The average molecular weight is 342 g/mol. The maximum atomic E-state index is 11.6. The SMILES string of the molecule is CCOC(=O)CN(CC)Cc1cc(Br)cc2c1OCC2. The quantitative estimate of drug-likeness (QED) is 0.746. The van der Waals surface area contributed by atoms with Crippen LogP contribution >= 0.6 is 15.9 Å². The van der Waals surface area contributed by atoms with Crippen LogP contribution in [0.15, 0.2) is 16.6 Å². The van der Waals surface area contributed by atoms with E-state index in [0.717, 1.165) is 35.4 Å². The Morgan fingerprint density at radius 2 is 2.25 bits per heavy atom. The molecule has 0 amide bonds. The van der Waals surface area contributed by atoms with Crippen molar-refractivity contribution in [3.8, 4) is 5.75 Å². The fourth-order valence-corrected chi connectivity index (χ4v) is 2.93. The summed E-state index contributed by atoms with van der Waals surface area (Å²) in [5.41, 5.74) is 2.36. The van der Waals surface area contributed by atoms with Crippen molar-refractivity contribution in [3.63, 3.8) is 0 Å². The molecule has 1 aromatic rings. The Hall–Kier alpha value is -1.07. The number of hydrogen-bond donors (Lipinski definition) is 0. The second-order valence-electron chi connectivity index (χ2n) is 4.76. The highest BCUT2D eigenvalue weighted by atomic mass is 79.9. The number of ether oxygens (including phenoxy) is 2. The van der Waals surface area contributed by atoms with E-state index in [0.29, 0.717) is 19.7 Å². The molecule has 1 heterocycles. The number of carbonyl (C=O) groups is 1. The minimum Gasteiger partial charge on any atom is -0.493 e. The van der Waals surface area contributed by atoms with Gasteiger partial charge in [0.2, 0.25) is 0 Å². The van der Waals surface area contributed by atoms with Crippen LogP contribution in [0.4, 0.5) is 0 Å². The van der Waals surface area contributed by atoms with Crippen LogP contribution in [0.2, 0.25) is 0 Å². The summed E-state index contributed by atoms with van der Waals surface area (Å²) in [5.74, 6) is 0.803. The Morgan fingerprint density at radius 3 is 2.95 bits per heavy atom. The van der Waals surface area contributed by atoms with Gasteiger partial charge in [-0.2, -0.15) is 0 Å². The van der Waals surface area contributed by atoms with Crippen molar-refractivity contribution in [2.45, 2.75) is 26.8 Å². The van der Waals surface area contributed by atoms with Gasteiger partial charge in [0, 0.05) is 23.0 Å². The molecular weight excluding hydrogens is 322 g/mol. The molecule has 0 unspecified atom stereocenters. The van der Waals surface area contributed by atoms with Crippen molar-refractivity contribution in [1.82, 2.24) is 4.90 Å². The third-order valence-electron chi connectivity index (χ3n) is 3.32. The highest BCUT2D eigenvalue weighted by molar-refractivity contribution is 9.10. The van der Waals surface area contributed by atoms with Crippen molar-refractivity contribution in [2.24, 2.45) is 0 Å². The van der Waals surface area contributed by atoms with E-state index in [2.05, 4.69) is 33.0 Å². The summed E-state index contributed by atoms with van der Waals surface area (Å²) in [6.07, 6.45) is 0.950. The molecule has 5 heteroatoms. The standard InChI is InChI=1S/C15H20BrNO3/c1-3-17(10-14(18)19-4-2)9-12-8-13(16)7-11-5-6-20-15(11)12/h7-8H,3-6,9-10H2,1-2H3. The van der Waals surface area contributed by atoms with Gasteiger partial charge in [-0.1, -0.05) is 22.9 Å². The van der Waals surface area contributed by atoms with Crippen LogP contribution in [-0.4, -0.2) is 37.2 Å². The van der Waals surface area contributed by atoms with Gasteiger partial charge < -0.3 is 9.47 Å². The number of nitrogens with zero attached hydrogens (tertiary/aromatic N) is 1. The summed E-state index contributed by atoms with van der Waals surface area (Å²) in [5, 5.41) is 0. The second kappa shape index (κ2) is 7.09. The number of carbonyl (C=O) groups excluding carboxylic acids is 1. The van der Waals surface area contributed by atoms with Gasteiger partial charge in [0.05, 0.1) is 19.8 Å². The molecule has 1 aliphatic rings. The molecule has 0 aliphatic carbocycles. The Morgan fingerprint density at radius 1 is 1.45 bits per heavy atom. The van der Waals surface area contributed by atoms with Crippen molar-refractivity contribution < 1.29 is 14.3 Å². The molecule has 0 fully saturated rings.